The summed E-state index contributed by atoms with van der Waals surface area (Å²) < 4.78 is 0. The summed E-state index contributed by atoms with van der Waals surface area (Å²) in [5.41, 5.74) is 0.256. The van der Waals surface area contributed by atoms with E-state index in [0.717, 1.165) is 25.9 Å². The molecule has 1 amide bonds. The van der Waals surface area contributed by atoms with Gasteiger partial charge in [0.05, 0.1) is 0 Å². The fraction of sp³-hybridized carbons (Fsp3) is 0.909. The van der Waals surface area contributed by atoms with Gasteiger partial charge in [-0.1, -0.05) is 13.8 Å². The molecular formula is C11H20N2O. The summed E-state index contributed by atoms with van der Waals surface area (Å²) in [6.07, 6.45) is 3.36. The van der Waals surface area contributed by atoms with Crippen LogP contribution >= 0.6 is 0 Å². The minimum Gasteiger partial charge on any atom is -0.352 e. The molecule has 1 aliphatic heterocycles. The molecule has 2 aliphatic rings. The van der Waals surface area contributed by atoms with Gasteiger partial charge in [0.25, 0.3) is 0 Å². The van der Waals surface area contributed by atoms with Crippen molar-refractivity contribution in [2.24, 2.45) is 11.3 Å². The lowest BCUT2D eigenvalue weighted by atomic mass is 10.1. The summed E-state index contributed by atoms with van der Waals surface area (Å²) in [6, 6.07) is 0.368. The Morgan fingerprint density at radius 1 is 1.50 bits per heavy atom. The van der Waals surface area contributed by atoms with E-state index in [1.807, 2.05) is 0 Å². The van der Waals surface area contributed by atoms with Crippen molar-refractivity contribution in [2.45, 2.75) is 39.2 Å². The minimum atomic E-state index is 0.256. The lowest BCUT2D eigenvalue weighted by Gasteiger charge is -2.24. The monoisotopic (exact) mass is 196 g/mol. The predicted molar refractivity (Wildman–Crippen MR) is 55.9 cm³/mol. The van der Waals surface area contributed by atoms with E-state index in [-0.39, 0.29) is 17.2 Å². The summed E-state index contributed by atoms with van der Waals surface area (Å²) in [7, 11) is 0. The van der Waals surface area contributed by atoms with Crippen LogP contribution in [-0.4, -0.2) is 25.0 Å². The Bertz CT molecular complexity index is 231. The Morgan fingerprint density at radius 2 is 2.21 bits per heavy atom. The molecule has 0 bridgehead atoms. The normalized spacial score (nSPS) is 35.0. The summed E-state index contributed by atoms with van der Waals surface area (Å²) >= 11 is 0. The lowest BCUT2D eigenvalue weighted by Crippen LogP contribution is -2.46. The van der Waals surface area contributed by atoms with Crippen LogP contribution < -0.4 is 10.6 Å². The van der Waals surface area contributed by atoms with E-state index in [1.54, 1.807) is 0 Å². The SMILES string of the molecule is CC1(C)CC1C(=O)NC1CCCNC1. The number of rotatable bonds is 2. The molecule has 0 aromatic rings. The van der Waals surface area contributed by atoms with Crippen LogP contribution in [0.25, 0.3) is 0 Å². The van der Waals surface area contributed by atoms with Crippen molar-refractivity contribution in [3.05, 3.63) is 0 Å². The third-order valence-corrected chi connectivity index (χ3v) is 3.47. The quantitative estimate of drug-likeness (QED) is 0.689. The molecule has 0 aromatic heterocycles. The highest BCUT2D eigenvalue weighted by molar-refractivity contribution is 5.82. The molecule has 1 heterocycles. The molecule has 3 heteroatoms. The zero-order chi connectivity index (χ0) is 10.2. The largest absolute Gasteiger partial charge is 0.352 e. The van der Waals surface area contributed by atoms with Crippen molar-refractivity contribution in [1.82, 2.24) is 10.6 Å². The highest BCUT2D eigenvalue weighted by Crippen LogP contribution is 2.51. The van der Waals surface area contributed by atoms with Gasteiger partial charge in [-0.25, -0.2) is 0 Å². The van der Waals surface area contributed by atoms with E-state index in [4.69, 9.17) is 0 Å². The van der Waals surface area contributed by atoms with Gasteiger partial charge in [-0.05, 0) is 31.2 Å². The molecule has 1 aliphatic carbocycles. The highest BCUT2D eigenvalue weighted by Gasteiger charge is 2.50. The van der Waals surface area contributed by atoms with Gasteiger partial charge in [0.1, 0.15) is 0 Å². The zero-order valence-electron chi connectivity index (χ0n) is 9.10. The number of piperidine rings is 1. The third-order valence-electron chi connectivity index (χ3n) is 3.47. The Morgan fingerprint density at radius 3 is 2.71 bits per heavy atom. The first kappa shape index (κ1) is 9.97. The van der Waals surface area contributed by atoms with Crippen molar-refractivity contribution >= 4 is 5.91 Å². The molecule has 2 unspecified atom stereocenters. The van der Waals surface area contributed by atoms with Crippen molar-refractivity contribution in [1.29, 1.82) is 0 Å². The van der Waals surface area contributed by atoms with E-state index in [9.17, 15) is 4.79 Å². The molecule has 14 heavy (non-hydrogen) atoms. The Hall–Kier alpha value is -0.570. The molecule has 2 N–H and O–H groups in total. The Labute approximate surface area is 85.6 Å². The average Bonchev–Trinajstić information content (AvgIpc) is 2.77. The fourth-order valence-electron chi connectivity index (χ4n) is 2.19. The van der Waals surface area contributed by atoms with E-state index in [0.29, 0.717) is 6.04 Å². The number of nitrogens with one attached hydrogen (secondary N) is 2. The minimum absolute atomic E-state index is 0.256. The average molecular weight is 196 g/mol. The molecule has 2 atom stereocenters. The van der Waals surface area contributed by atoms with Gasteiger partial charge in [-0.15, -0.1) is 0 Å². The Kier molecular flexibility index (Phi) is 2.52. The fourth-order valence-corrected chi connectivity index (χ4v) is 2.19. The molecule has 0 aromatic carbocycles. The van der Waals surface area contributed by atoms with Crippen molar-refractivity contribution in [3.8, 4) is 0 Å². The van der Waals surface area contributed by atoms with Crippen LogP contribution in [0.4, 0.5) is 0 Å². The molecule has 3 nitrogen and oxygen atoms in total. The van der Waals surface area contributed by atoms with Crippen LogP contribution in [0, 0.1) is 11.3 Å². The van der Waals surface area contributed by atoms with Gasteiger partial charge in [-0.3, -0.25) is 4.79 Å². The first-order valence-corrected chi connectivity index (χ1v) is 5.61. The molecular weight excluding hydrogens is 176 g/mol. The maximum absolute atomic E-state index is 11.8. The molecule has 0 spiro atoms. The summed E-state index contributed by atoms with van der Waals surface area (Å²) in [4.78, 5) is 11.8. The van der Waals surface area contributed by atoms with Gasteiger partial charge in [-0.2, -0.15) is 0 Å². The molecule has 1 saturated carbocycles. The second-order valence-corrected chi connectivity index (χ2v) is 5.30. The second-order valence-electron chi connectivity index (χ2n) is 5.30. The first-order valence-electron chi connectivity index (χ1n) is 5.61. The summed E-state index contributed by atoms with van der Waals surface area (Å²) in [5, 5.41) is 6.44. The smallest absolute Gasteiger partial charge is 0.223 e. The molecule has 0 radical (unpaired) electrons. The summed E-state index contributed by atoms with van der Waals surface area (Å²) in [5.74, 6) is 0.535. The van der Waals surface area contributed by atoms with Crippen molar-refractivity contribution < 1.29 is 4.79 Å². The molecule has 80 valence electrons. The maximum atomic E-state index is 11.8. The van der Waals surface area contributed by atoms with Gasteiger partial charge in [0.15, 0.2) is 0 Å². The zero-order valence-corrected chi connectivity index (χ0v) is 9.10. The van der Waals surface area contributed by atoms with E-state index >= 15 is 0 Å². The number of carbonyl (C=O) groups is 1. The molecule has 2 fully saturated rings. The van der Waals surface area contributed by atoms with Gasteiger partial charge in [0, 0.05) is 18.5 Å². The van der Waals surface area contributed by atoms with Crippen LogP contribution in [0.2, 0.25) is 0 Å². The third kappa shape index (κ3) is 2.08. The van der Waals surface area contributed by atoms with E-state index < -0.39 is 0 Å². The highest BCUT2D eigenvalue weighted by atomic mass is 16.2. The Balaban J connectivity index is 1.77. The first-order chi connectivity index (χ1) is 6.59. The van der Waals surface area contributed by atoms with Crippen LogP contribution in [-0.2, 0) is 4.79 Å². The van der Waals surface area contributed by atoms with E-state index in [1.165, 1.54) is 6.42 Å². The van der Waals surface area contributed by atoms with Crippen LogP contribution in [0.3, 0.4) is 0 Å². The van der Waals surface area contributed by atoms with Crippen LogP contribution in [0.5, 0.6) is 0 Å². The lowest BCUT2D eigenvalue weighted by molar-refractivity contribution is -0.123. The summed E-state index contributed by atoms with van der Waals surface area (Å²) in [6.45, 7) is 6.37. The van der Waals surface area contributed by atoms with Crippen molar-refractivity contribution in [2.75, 3.05) is 13.1 Å². The maximum Gasteiger partial charge on any atom is 0.223 e. The van der Waals surface area contributed by atoms with Crippen molar-refractivity contribution in [3.63, 3.8) is 0 Å². The van der Waals surface area contributed by atoms with Gasteiger partial charge < -0.3 is 10.6 Å². The standard InChI is InChI=1S/C11H20N2O/c1-11(2)6-9(11)10(14)13-8-4-3-5-12-7-8/h8-9,12H,3-7H2,1-2H3,(H,13,14). The van der Waals surface area contributed by atoms with Gasteiger partial charge in [0.2, 0.25) is 5.91 Å². The number of amides is 1. The number of hydrogen-bond acceptors (Lipinski definition) is 2. The molecule has 1 saturated heterocycles. The predicted octanol–water partition coefficient (Wildman–Crippen LogP) is 0.901. The number of carbonyl (C=O) groups excluding carboxylic acids is 1. The number of hydrogen-bond donors (Lipinski definition) is 2. The molecule has 2 rings (SSSR count). The van der Waals surface area contributed by atoms with Crippen LogP contribution in [0.15, 0.2) is 0 Å². The topological polar surface area (TPSA) is 41.1 Å². The second kappa shape index (κ2) is 3.54. The van der Waals surface area contributed by atoms with Gasteiger partial charge >= 0.3 is 0 Å². The van der Waals surface area contributed by atoms with Crippen LogP contribution in [0.1, 0.15) is 33.1 Å². The van der Waals surface area contributed by atoms with E-state index in [2.05, 4.69) is 24.5 Å².